The summed E-state index contributed by atoms with van der Waals surface area (Å²) >= 11 is 0. The predicted octanol–water partition coefficient (Wildman–Crippen LogP) is 2.64. The molecule has 0 saturated carbocycles. The monoisotopic (exact) mass is 308 g/mol. The lowest BCUT2D eigenvalue weighted by molar-refractivity contribution is -0.121. The first-order valence-corrected chi connectivity index (χ1v) is 7.90. The molecule has 1 amide bonds. The first-order chi connectivity index (χ1) is 11.3. The predicted molar refractivity (Wildman–Crippen MR) is 90.0 cm³/mol. The van der Waals surface area contributed by atoms with Crippen LogP contribution in [0, 0.1) is 0 Å². The van der Waals surface area contributed by atoms with Gasteiger partial charge in [-0.05, 0) is 36.6 Å². The van der Waals surface area contributed by atoms with Crippen molar-refractivity contribution in [1.82, 2.24) is 20.3 Å². The molecule has 3 rings (SSSR count). The number of para-hydroxylation sites is 2. The number of nitrogens with one attached hydrogen (secondary N) is 2. The molecule has 2 N–H and O–H groups in total. The van der Waals surface area contributed by atoms with Gasteiger partial charge in [0.25, 0.3) is 0 Å². The second kappa shape index (κ2) is 7.54. The highest BCUT2D eigenvalue weighted by Crippen LogP contribution is 2.11. The summed E-state index contributed by atoms with van der Waals surface area (Å²) in [5.74, 6) is 1.05. The van der Waals surface area contributed by atoms with Crippen LogP contribution in [0.25, 0.3) is 11.0 Å². The Hall–Kier alpha value is -2.69. The minimum absolute atomic E-state index is 0.0819. The molecule has 0 fully saturated rings. The lowest BCUT2D eigenvalue weighted by atomic mass is 10.1. The van der Waals surface area contributed by atoms with Crippen molar-refractivity contribution in [3.05, 3.63) is 60.2 Å². The zero-order chi connectivity index (χ0) is 15.9. The number of hydrogen-bond acceptors (Lipinski definition) is 3. The first-order valence-electron chi connectivity index (χ1n) is 7.90. The molecule has 2 heterocycles. The fourth-order valence-corrected chi connectivity index (χ4v) is 2.50. The number of H-pyrrole nitrogens is 1. The molecule has 0 bridgehead atoms. The molecule has 23 heavy (non-hydrogen) atoms. The maximum absolute atomic E-state index is 11.8. The summed E-state index contributed by atoms with van der Waals surface area (Å²) in [5.41, 5.74) is 3.14. The highest BCUT2D eigenvalue weighted by atomic mass is 16.1. The van der Waals surface area contributed by atoms with E-state index in [9.17, 15) is 4.79 Å². The van der Waals surface area contributed by atoms with Gasteiger partial charge in [-0.25, -0.2) is 4.98 Å². The average Bonchev–Trinajstić information content (AvgIpc) is 3.00. The quantitative estimate of drug-likeness (QED) is 0.659. The van der Waals surface area contributed by atoms with E-state index in [1.54, 1.807) is 12.4 Å². The number of carbonyl (C=O) groups is 1. The van der Waals surface area contributed by atoms with E-state index < -0.39 is 0 Å². The number of nitrogens with zero attached hydrogens (tertiary/aromatic N) is 2. The van der Waals surface area contributed by atoms with Gasteiger partial charge in [0.1, 0.15) is 5.82 Å². The molecular weight excluding hydrogens is 288 g/mol. The summed E-state index contributed by atoms with van der Waals surface area (Å²) < 4.78 is 0. The van der Waals surface area contributed by atoms with E-state index in [1.807, 2.05) is 36.4 Å². The number of aromatic nitrogens is 3. The number of benzene rings is 1. The molecule has 0 saturated heterocycles. The molecule has 5 heteroatoms. The number of aryl methyl sites for hydroxylation is 2. The van der Waals surface area contributed by atoms with Crippen molar-refractivity contribution in [3.8, 4) is 0 Å². The van der Waals surface area contributed by atoms with Crippen LogP contribution in [-0.2, 0) is 17.6 Å². The van der Waals surface area contributed by atoms with Crippen LogP contribution < -0.4 is 5.32 Å². The number of rotatable bonds is 7. The second-order valence-electron chi connectivity index (χ2n) is 5.52. The van der Waals surface area contributed by atoms with E-state index >= 15 is 0 Å². The fraction of sp³-hybridized carbons (Fsp3) is 0.278. The Morgan fingerprint density at radius 1 is 1.13 bits per heavy atom. The van der Waals surface area contributed by atoms with Crippen molar-refractivity contribution in [2.24, 2.45) is 0 Å². The topological polar surface area (TPSA) is 70.7 Å². The zero-order valence-corrected chi connectivity index (χ0v) is 13.0. The number of aromatic amines is 1. The van der Waals surface area contributed by atoms with Gasteiger partial charge in [0.05, 0.1) is 11.0 Å². The summed E-state index contributed by atoms with van der Waals surface area (Å²) in [6.07, 6.45) is 6.46. The van der Waals surface area contributed by atoms with Crippen LogP contribution in [0.5, 0.6) is 0 Å². The van der Waals surface area contributed by atoms with Gasteiger partial charge in [-0.15, -0.1) is 0 Å². The molecule has 0 unspecified atom stereocenters. The summed E-state index contributed by atoms with van der Waals surface area (Å²) in [6, 6.07) is 11.9. The smallest absolute Gasteiger partial charge is 0.220 e. The Morgan fingerprint density at radius 3 is 2.87 bits per heavy atom. The van der Waals surface area contributed by atoms with Crippen LogP contribution in [0.1, 0.15) is 24.2 Å². The van der Waals surface area contributed by atoms with Crippen LogP contribution in [-0.4, -0.2) is 27.4 Å². The van der Waals surface area contributed by atoms with Gasteiger partial charge in [0, 0.05) is 31.8 Å². The van der Waals surface area contributed by atoms with E-state index in [0.29, 0.717) is 13.0 Å². The minimum Gasteiger partial charge on any atom is -0.356 e. The van der Waals surface area contributed by atoms with Gasteiger partial charge >= 0.3 is 0 Å². The summed E-state index contributed by atoms with van der Waals surface area (Å²) in [6.45, 7) is 0.670. The van der Waals surface area contributed by atoms with E-state index in [2.05, 4.69) is 20.3 Å². The number of imidazole rings is 1. The maximum Gasteiger partial charge on any atom is 0.220 e. The average molecular weight is 308 g/mol. The zero-order valence-electron chi connectivity index (χ0n) is 13.0. The summed E-state index contributed by atoms with van der Waals surface area (Å²) in [7, 11) is 0. The molecule has 3 aromatic rings. The van der Waals surface area contributed by atoms with Gasteiger partial charge in [0.15, 0.2) is 0 Å². The third kappa shape index (κ3) is 4.39. The van der Waals surface area contributed by atoms with E-state index in [4.69, 9.17) is 0 Å². The highest BCUT2D eigenvalue weighted by molar-refractivity contribution is 5.76. The number of pyridine rings is 1. The maximum atomic E-state index is 11.8. The molecule has 0 aliphatic rings. The normalized spacial score (nSPS) is 10.8. The third-order valence-corrected chi connectivity index (χ3v) is 3.71. The lowest BCUT2D eigenvalue weighted by Crippen LogP contribution is -2.25. The molecule has 1 aromatic carbocycles. The SMILES string of the molecule is O=C(CCc1cccnc1)NCCCc1nc2ccccc2[nH]1. The Bertz CT molecular complexity index is 734. The van der Waals surface area contributed by atoms with E-state index in [0.717, 1.165) is 41.7 Å². The molecule has 0 spiro atoms. The van der Waals surface area contributed by atoms with Gasteiger partial charge in [-0.2, -0.15) is 0 Å². The van der Waals surface area contributed by atoms with Crippen molar-refractivity contribution < 1.29 is 4.79 Å². The molecular formula is C18H20N4O. The number of fused-ring (bicyclic) bond motifs is 1. The molecule has 0 atom stereocenters. The Kier molecular flexibility index (Phi) is 4.99. The van der Waals surface area contributed by atoms with Crippen LogP contribution >= 0.6 is 0 Å². The highest BCUT2D eigenvalue weighted by Gasteiger charge is 2.04. The van der Waals surface area contributed by atoms with Crippen molar-refractivity contribution in [3.63, 3.8) is 0 Å². The van der Waals surface area contributed by atoms with Crippen molar-refractivity contribution >= 4 is 16.9 Å². The molecule has 118 valence electrons. The minimum atomic E-state index is 0.0819. The summed E-state index contributed by atoms with van der Waals surface area (Å²) in [5, 5.41) is 2.96. The van der Waals surface area contributed by atoms with Crippen LogP contribution in [0.2, 0.25) is 0 Å². The van der Waals surface area contributed by atoms with E-state index in [1.165, 1.54) is 0 Å². The molecule has 0 radical (unpaired) electrons. The number of hydrogen-bond donors (Lipinski definition) is 2. The number of amides is 1. The van der Waals surface area contributed by atoms with Gasteiger partial charge < -0.3 is 10.3 Å². The number of carbonyl (C=O) groups excluding carboxylic acids is 1. The van der Waals surface area contributed by atoms with Crippen LogP contribution in [0.15, 0.2) is 48.8 Å². The van der Waals surface area contributed by atoms with Crippen molar-refractivity contribution in [1.29, 1.82) is 0 Å². The summed E-state index contributed by atoms with van der Waals surface area (Å²) in [4.78, 5) is 23.7. The van der Waals surface area contributed by atoms with E-state index in [-0.39, 0.29) is 5.91 Å². The second-order valence-corrected chi connectivity index (χ2v) is 5.52. The van der Waals surface area contributed by atoms with Gasteiger partial charge in [-0.1, -0.05) is 18.2 Å². The van der Waals surface area contributed by atoms with Crippen LogP contribution in [0.3, 0.4) is 0 Å². The van der Waals surface area contributed by atoms with Crippen molar-refractivity contribution in [2.75, 3.05) is 6.54 Å². The molecule has 0 aliphatic heterocycles. The third-order valence-electron chi connectivity index (χ3n) is 3.71. The Labute approximate surface area is 135 Å². The van der Waals surface area contributed by atoms with Gasteiger partial charge in [0.2, 0.25) is 5.91 Å². The Morgan fingerprint density at radius 2 is 2.04 bits per heavy atom. The molecule has 2 aromatic heterocycles. The standard InChI is InChI=1S/C18H20N4O/c23-18(10-9-14-5-3-11-19-13-14)20-12-4-8-17-21-15-6-1-2-7-16(15)22-17/h1-3,5-7,11,13H,4,8-10,12H2,(H,20,23)(H,21,22). The Balaban J connectivity index is 1.37. The lowest BCUT2D eigenvalue weighted by Gasteiger charge is -2.04. The molecule has 5 nitrogen and oxygen atoms in total. The molecule has 0 aliphatic carbocycles. The van der Waals surface area contributed by atoms with Crippen molar-refractivity contribution in [2.45, 2.75) is 25.7 Å². The largest absolute Gasteiger partial charge is 0.356 e. The first kappa shape index (κ1) is 15.2. The fourth-order valence-electron chi connectivity index (χ4n) is 2.50. The van der Waals surface area contributed by atoms with Gasteiger partial charge in [-0.3, -0.25) is 9.78 Å². The van der Waals surface area contributed by atoms with Crippen LogP contribution in [0.4, 0.5) is 0 Å².